The summed E-state index contributed by atoms with van der Waals surface area (Å²) in [6.45, 7) is 2.12. The highest BCUT2D eigenvalue weighted by molar-refractivity contribution is 6.00. The molecular weight excluding hydrogens is 292 g/mol. The van der Waals surface area contributed by atoms with E-state index < -0.39 is 6.04 Å². The molecule has 0 aliphatic rings. The molecule has 0 aliphatic carbocycles. The zero-order valence-corrected chi connectivity index (χ0v) is 13.2. The summed E-state index contributed by atoms with van der Waals surface area (Å²) in [4.78, 5) is 24.2. The number of anilines is 1. The van der Waals surface area contributed by atoms with Gasteiger partial charge in [0.1, 0.15) is 6.04 Å². The van der Waals surface area contributed by atoms with Crippen molar-refractivity contribution in [3.05, 3.63) is 65.7 Å². The lowest BCUT2D eigenvalue weighted by molar-refractivity contribution is -0.117. The third-order valence-electron chi connectivity index (χ3n) is 3.28. The largest absolute Gasteiger partial charge is 0.380 e. The van der Waals surface area contributed by atoms with Crippen LogP contribution in [0.3, 0.4) is 0 Å². The van der Waals surface area contributed by atoms with Crippen LogP contribution in [-0.2, 0) is 16.1 Å². The fraction of sp³-hybridized carbons (Fsp3) is 0.222. The average Bonchev–Trinajstić information content (AvgIpc) is 2.56. The number of benzene rings is 2. The molecule has 0 saturated heterocycles. The van der Waals surface area contributed by atoms with Crippen LogP contribution in [0, 0.1) is 0 Å². The Kier molecular flexibility index (Phi) is 5.88. The molecule has 0 saturated carbocycles. The molecule has 0 fully saturated rings. The number of carbonyl (C=O) groups is 2. The van der Waals surface area contributed by atoms with Gasteiger partial charge in [-0.1, -0.05) is 30.3 Å². The van der Waals surface area contributed by atoms with E-state index in [9.17, 15) is 9.59 Å². The van der Waals surface area contributed by atoms with E-state index in [4.69, 9.17) is 4.74 Å². The van der Waals surface area contributed by atoms with Gasteiger partial charge in [-0.25, -0.2) is 0 Å². The maximum Gasteiger partial charge on any atom is 0.251 e. The molecule has 0 aliphatic heterocycles. The lowest BCUT2D eigenvalue weighted by Crippen LogP contribution is -2.41. The van der Waals surface area contributed by atoms with Crippen molar-refractivity contribution in [2.75, 3.05) is 12.4 Å². The molecule has 0 radical (unpaired) electrons. The van der Waals surface area contributed by atoms with Crippen LogP contribution in [0.2, 0.25) is 0 Å². The zero-order chi connectivity index (χ0) is 16.7. The molecule has 5 nitrogen and oxygen atoms in total. The maximum absolute atomic E-state index is 12.2. The minimum Gasteiger partial charge on any atom is -0.380 e. The number of hydrogen-bond donors (Lipinski definition) is 2. The van der Waals surface area contributed by atoms with Crippen LogP contribution in [0.25, 0.3) is 0 Å². The molecule has 2 N–H and O–H groups in total. The van der Waals surface area contributed by atoms with Gasteiger partial charge in [0.05, 0.1) is 6.61 Å². The van der Waals surface area contributed by atoms with Gasteiger partial charge in [0.15, 0.2) is 0 Å². The van der Waals surface area contributed by atoms with Crippen LogP contribution >= 0.6 is 0 Å². The lowest BCUT2D eigenvalue weighted by Gasteiger charge is -2.14. The van der Waals surface area contributed by atoms with Crippen molar-refractivity contribution in [3.8, 4) is 0 Å². The summed E-state index contributed by atoms with van der Waals surface area (Å²) in [7, 11) is 1.62. The van der Waals surface area contributed by atoms with E-state index >= 15 is 0 Å². The number of ether oxygens (including phenoxy) is 1. The highest BCUT2D eigenvalue weighted by atomic mass is 16.5. The topological polar surface area (TPSA) is 67.4 Å². The van der Waals surface area contributed by atoms with Crippen molar-refractivity contribution in [1.29, 1.82) is 0 Å². The molecule has 2 rings (SSSR count). The predicted octanol–water partition coefficient (Wildman–Crippen LogP) is 2.59. The summed E-state index contributed by atoms with van der Waals surface area (Å²) in [5.41, 5.74) is 2.16. The van der Waals surface area contributed by atoms with Crippen molar-refractivity contribution in [3.63, 3.8) is 0 Å². The van der Waals surface area contributed by atoms with Gasteiger partial charge in [0.25, 0.3) is 5.91 Å². The second-order valence-corrected chi connectivity index (χ2v) is 5.18. The summed E-state index contributed by atoms with van der Waals surface area (Å²) in [5, 5.41) is 5.47. The van der Waals surface area contributed by atoms with Gasteiger partial charge in [-0.15, -0.1) is 0 Å². The fourth-order valence-electron chi connectivity index (χ4n) is 2.09. The van der Waals surface area contributed by atoms with Crippen molar-refractivity contribution >= 4 is 17.5 Å². The number of amides is 2. The minimum atomic E-state index is -0.645. The normalized spacial score (nSPS) is 11.6. The first kappa shape index (κ1) is 16.7. The van der Waals surface area contributed by atoms with Gasteiger partial charge in [-0.2, -0.15) is 0 Å². The number of carbonyl (C=O) groups excluding carboxylic acids is 2. The molecule has 23 heavy (non-hydrogen) atoms. The third-order valence-corrected chi connectivity index (χ3v) is 3.28. The van der Waals surface area contributed by atoms with E-state index in [1.165, 1.54) is 0 Å². The molecule has 1 unspecified atom stereocenters. The highest BCUT2D eigenvalue weighted by Crippen LogP contribution is 2.12. The van der Waals surface area contributed by atoms with Gasteiger partial charge in [0.2, 0.25) is 5.91 Å². The Labute approximate surface area is 135 Å². The van der Waals surface area contributed by atoms with Gasteiger partial charge in [-0.05, 0) is 36.8 Å². The smallest absolute Gasteiger partial charge is 0.251 e. The van der Waals surface area contributed by atoms with E-state index in [0.717, 1.165) is 5.56 Å². The molecule has 0 spiro atoms. The Hall–Kier alpha value is -2.66. The highest BCUT2D eigenvalue weighted by Gasteiger charge is 2.16. The second-order valence-electron chi connectivity index (χ2n) is 5.18. The number of methoxy groups -OCH3 is 1. The Morgan fingerprint density at radius 2 is 1.83 bits per heavy atom. The van der Waals surface area contributed by atoms with Crippen molar-refractivity contribution in [2.45, 2.75) is 19.6 Å². The summed E-state index contributed by atoms with van der Waals surface area (Å²) in [6, 6.07) is 15.5. The molecule has 0 aromatic heterocycles. The van der Waals surface area contributed by atoms with Crippen molar-refractivity contribution in [2.24, 2.45) is 0 Å². The first-order chi connectivity index (χ1) is 11.1. The number of rotatable bonds is 6. The molecule has 0 bridgehead atoms. The Morgan fingerprint density at radius 1 is 1.09 bits per heavy atom. The Bertz CT molecular complexity index is 671. The van der Waals surface area contributed by atoms with Crippen molar-refractivity contribution < 1.29 is 14.3 Å². The molecule has 2 aromatic carbocycles. The first-order valence-corrected chi connectivity index (χ1v) is 7.35. The SMILES string of the molecule is COCc1cccc(NC(=O)C(C)NC(=O)c2ccccc2)c1. The Balaban J connectivity index is 1.95. The lowest BCUT2D eigenvalue weighted by atomic mass is 10.2. The summed E-state index contributed by atoms with van der Waals surface area (Å²) >= 11 is 0. The van der Waals surface area contributed by atoms with Gasteiger partial charge >= 0.3 is 0 Å². The van der Waals surface area contributed by atoms with E-state index in [-0.39, 0.29) is 11.8 Å². The minimum absolute atomic E-state index is 0.274. The van der Waals surface area contributed by atoms with E-state index in [0.29, 0.717) is 17.9 Å². The second kappa shape index (κ2) is 8.10. The van der Waals surface area contributed by atoms with Crippen LogP contribution in [0.4, 0.5) is 5.69 Å². The molecule has 5 heteroatoms. The molecular formula is C18H20N2O3. The van der Waals surface area contributed by atoms with Crippen molar-refractivity contribution in [1.82, 2.24) is 5.32 Å². The monoisotopic (exact) mass is 312 g/mol. The molecule has 2 aromatic rings. The maximum atomic E-state index is 12.2. The quantitative estimate of drug-likeness (QED) is 0.861. The summed E-state index contributed by atoms with van der Waals surface area (Å²) in [5.74, 6) is -0.551. The number of nitrogens with one attached hydrogen (secondary N) is 2. The van der Waals surface area contributed by atoms with Crippen LogP contribution in [0.1, 0.15) is 22.8 Å². The van der Waals surface area contributed by atoms with E-state index in [1.54, 1.807) is 44.4 Å². The standard InChI is InChI=1S/C18H20N2O3/c1-13(19-18(22)15-8-4-3-5-9-15)17(21)20-16-10-6-7-14(11-16)12-23-2/h3-11,13H,12H2,1-2H3,(H,19,22)(H,20,21). The van der Waals surface area contributed by atoms with Crippen LogP contribution in [0.15, 0.2) is 54.6 Å². The zero-order valence-electron chi connectivity index (χ0n) is 13.2. The van der Waals surface area contributed by atoms with Crippen LogP contribution in [0.5, 0.6) is 0 Å². The van der Waals surface area contributed by atoms with Gasteiger partial charge < -0.3 is 15.4 Å². The van der Waals surface area contributed by atoms with E-state index in [1.807, 2.05) is 24.3 Å². The average molecular weight is 312 g/mol. The van der Waals surface area contributed by atoms with Crippen LogP contribution in [-0.4, -0.2) is 25.0 Å². The molecule has 2 amide bonds. The number of hydrogen-bond acceptors (Lipinski definition) is 3. The third kappa shape index (κ3) is 4.93. The van der Waals surface area contributed by atoms with Gasteiger partial charge in [-0.3, -0.25) is 9.59 Å². The first-order valence-electron chi connectivity index (χ1n) is 7.35. The van der Waals surface area contributed by atoms with Crippen LogP contribution < -0.4 is 10.6 Å². The van der Waals surface area contributed by atoms with E-state index in [2.05, 4.69) is 10.6 Å². The summed E-state index contributed by atoms with van der Waals surface area (Å²) < 4.78 is 5.07. The summed E-state index contributed by atoms with van der Waals surface area (Å²) in [6.07, 6.45) is 0. The predicted molar refractivity (Wildman–Crippen MR) is 89.2 cm³/mol. The molecule has 0 heterocycles. The Morgan fingerprint density at radius 3 is 2.52 bits per heavy atom. The molecule has 120 valence electrons. The molecule has 1 atom stereocenters. The fourth-order valence-corrected chi connectivity index (χ4v) is 2.09. The van der Waals surface area contributed by atoms with Gasteiger partial charge in [0, 0.05) is 18.4 Å².